The highest BCUT2D eigenvalue weighted by Crippen LogP contribution is 2.23. The van der Waals surface area contributed by atoms with Gasteiger partial charge >= 0.3 is 0 Å². The number of rotatable bonds is 7. The predicted molar refractivity (Wildman–Crippen MR) is 102 cm³/mol. The van der Waals surface area contributed by atoms with Gasteiger partial charge in [-0.05, 0) is 40.3 Å². The average molecular weight is 404 g/mol. The Labute approximate surface area is 163 Å². The Morgan fingerprint density at radius 3 is 2.88 bits per heavy atom. The first-order valence-corrected chi connectivity index (χ1v) is 10.1. The van der Waals surface area contributed by atoms with Crippen LogP contribution in [0.15, 0.2) is 57.6 Å². The largest absolute Gasteiger partial charge is 0.467 e. The molecule has 4 rings (SSSR count). The van der Waals surface area contributed by atoms with E-state index in [1.54, 1.807) is 34.0 Å². The quantitative estimate of drug-likeness (QED) is 0.428. The fourth-order valence-electron chi connectivity index (χ4n) is 2.36. The van der Waals surface area contributed by atoms with Gasteiger partial charge in [0.1, 0.15) is 12.3 Å². The number of aromatic nitrogens is 5. The molecule has 0 atom stereocenters. The van der Waals surface area contributed by atoms with Crippen molar-refractivity contribution in [2.24, 2.45) is 0 Å². The van der Waals surface area contributed by atoms with Crippen LogP contribution in [0.25, 0.3) is 0 Å². The molecule has 0 aliphatic heterocycles. The van der Waals surface area contributed by atoms with Crippen molar-refractivity contribution in [3.63, 3.8) is 0 Å². The monoisotopic (exact) mass is 403 g/mol. The molecule has 0 aliphatic carbocycles. The number of furan rings is 1. The maximum absolute atomic E-state index is 5.93. The van der Waals surface area contributed by atoms with Crippen molar-refractivity contribution in [1.29, 1.82) is 0 Å². The Kier molecular flexibility index (Phi) is 5.33. The number of hydrogen-bond acceptors (Lipinski definition) is 7. The number of hydrogen-bond donors (Lipinski definition) is 0. The SMILES string of the molecule is Clc1ccc(Cc2nc(CSc3nnnn3Cc3ccco3)cs2)cc1. The van der Waals surface area contributed by atoms with Gasteiger partial charge in [-0.1, -0.05) is 35.5 Å². The Morgan fingerprint density at radius 1 is 1.19 bits per heavy atom. The third-order valence-electron chi connectivity index (χ3n) is 3.60. The van der Waals surface area contributed by atoms with Gasteiger partial charge in [-0.25, -0.2) is 9.67 Å². The molecule has 1 aromatic carbocycles. The molecule has 26 heavy (non-hydrogen) atoms. The van der Waals surface area contributed by atoms with E-state index in [0.29, 0.717) is 6.54 Å². The number of nitrogens with zero attached hydrogens (tertiary/aromatic N) is 5. The summed E-state index contributed by atoms with van der Waals surface area (Å²) < 4.78 is 7.07. The molecule has 0 amide bonds. The number of benzene rings is 1. The Hall–Kier alpha value is -2.16. The summed E-state index contributed by atoms with van der Waals surface area (Å²) in [4.78, 5) is 4.70. The molecule has 0 bridgehead atoms. The van der Waals surface area contributed by atoms with Gasteiger partial charge < -0.3 is 4.42 Å². The van der Waals surface area contributed by atoms with E-state index in [0.717, 1.165) is 38.8 Å². The van der Waals surface area contributed by atoms with Gasteiger partial charge in [-0.15, -0.1) is 16.4 Å². The van der Waals surface area contributed by atoms with E-state index >= 15 is 0 Å². The molecular formula is C17H14ClN5OS2. The molecule has 0 unspecified atom stereocenters. The predicted octanol–water partition coefficient (Wildman–Crippen LogP) is 4.31. The smallest absolute Gasteiger partial charge is 0.210 e. The summed E-state index contributed by atoms with van der Waals surface area (Å²) in [7, 11) is 0. The molecule has 6 nitrogen and oxygen atoms in total. The highest BCUT2D eigenvalue weighted by atomic mass is 35.5. The first-order chi connectivity index (χ1) is 12.8. The third-order valence-corrected chi connectivity index (χ3v) is 5.74. The van der Waals surface area contributed by atoms with E-state index in [-0.39, 0.29) is 0 Å². The zero-order chi connectivity index (χ0) is 17.8. The van der Waals surface area contributed by atoms with E-state index in [1.807, 2.05) is 36.4 Å². The van der Waals surface area contributed by atoms with Crippen LogP contribution < -0.4 is 0 Å². The summed E-state index contributed by atoms with van der Waals surface area (Å²) >= 11 is 9.15. The van der Waals surface area contributed by atoms with Crippen LogP contribution in [0.1, 0.15) is 22.0 Å². The van der Waals surface area contributed by atoms with Crippen molar-refractivity contribution in [2.45, 2.75) is 23.9 Å². The van der Waals surface area contributed by atoms with E-state index in [1.165, 1.54) is 5.56 Å². The van der Waals surface area contributed by atoms with Crippen molar-refractivity contribution in [3.8, 4) is 0 Å². The minimum atomic E-state index is 0.515. The number of thioether (sulfide) groups is 1. The fourth-order valence-corrected chi connectivity index (χ4v) is 4.19. The van der Waals surface area contributed by atoms with Crippen molar-refractivity contribution in [2.75, 3.05) is 0 Å². The molecule has 9 heteroatoms. The summed E-state index contributed by atoms with van der Waals surface area (Å²) in [6.07, 6.45) is 2.45. The molecule has 0 radical (unpaired) electrons. The van der Waals surface area contributed by atoms with E-state index in [4.69, 9.17) is 21.0 Å². The average Bonchev–Trinajstić information content (AvgIpc) is 3.39. The van der Waals surface area contributed by atoms with Gasteiger partial charge in [0.2, 0.25) is 5.16 Å². The lowest BCUT2D eigenvalue weighted by atomic mass is 10.2. The molecular weight excluding hydrogens is 390 g/mol. The lowest BCUT2D eigenvalue weighted by Gasteiger charge is -2.01. The van der Waals surface area contributed by atoms with E-state index in [9.17, 15) is 0 Å². The Bertz CT molecular complexity index is 965. The van der Waals surface area contributed by atoms with Gasteiger partial charge in [-0.2, -0.15) is 0 Å². The van der Waals surface area contributed by atoms with Gasteiger partial charge in [0.05, 0.1) is 17.0 Å². The normalized spacial score (nSPS) is 11.1. The molecule has 3 aromatic heterocycles. The van der Waals surface area contributed by atoms with Gasteiger partial charge in [0.15, 0.2) is 0 Å². The zero-order valence-electron chi connectivity index (χ0n) is 13.6. The fraction of sp³-hybridized carbons (Fsp3) is 0.176. The topological polar surface area (TPSA) is 69.6 Å². The zero-order valence-corrected chi connectivity index (χ0v) is 16.0. The second-order valence-corrected chi connectivity index (χ2v) is 7.84. The van der Waals surface area contributed by atoms with Crippen LogP contribution in [-0.4, -0.2) is 25.2 Å². The van der Waals surface area contributed by atoms with Crippen LogP contribution in [0, 0.1) is 0 Å². The summed E-state index contributed by atoms with van der Waals surface area (Å²) in [6, 6.07) is 11.6. The molecule has 132 valence electrons. The van der Waals surface area contributed by atoms with Crippen molar-refractivity contribution >= 4 is 34.7 Å². The second-order valence-electron chi connectivity index (χ2n) is 5.52. The number of halogens is 1. The van der Waals surface area contributed by atoms with Gasteiger partial charge in [-0.3, -0.25) is 0 Å². The molecule has 0 fully saturated rings. The molecule has 0 saturated heterocycles. The molecule has 0 N–H and O–H groups in total. The highest BCUT2D eigenvalue weighted by Gasteiger charge is 2.11. The van der Waals surface area contributed by atoms with Crippen LogP contribution in [0.5, 0.6) is 0 Å². The van der Waals surface area contributed by atoms with Crippen molar-refractivity contribution in [3.05, 3.63) is 75.1 Å². The van der Waals surface area contributed by atoms with Gasteiger partial charge in [0.25, 0.3) is 0 Å². The molecule has 0 spiro atoms. The summed E-state index contributed by atoms with van der Waals surface area (Å²) in [5.74, 6) is 1.54. The van der Waals surface area contributed by atoms with Crippen LogP contribution in [0.3, 0.4) is 0 Å². The van der Waals surface area contributed by atoms with Crippen molar-refractivity contribution < 1.29 is 4.42 Å². The van der Waals surface area contributed by atoms with Crippen LogP contribution in [-0.2, 0) is 18.7 Å². The maximum atomic E-state index is 5.93. The molecule has 4 aromatic rings. The molecule has 0 aliphatic rings. The Morgan fingerprint density at radius 2 is 2.08 bits per heavy atom. The molecule has 0 saturated carbocycles. The summed E-state index contributed by atoms with van der Waals surface area (Å²) in [5, 5.41) is 16.5. The number of thiazole rings is 1. The number of tetrazole rings is 1. The van der Waals surface area contributed by atoms with Crippen molar-refractivity contribution in [1.82, 2.24) is 25.2 Å². The second kappa shape index (κ2) is 8.03. The summed E-state index contributed by atoms with van der Waals surface area (Å²) in [6.45, 7) is 0.515. The van der Waals surface area contributed by atoms with Gasteiger partial charge in [0, 0.05) is 22.6 Å². The van der Waals surface area contributed by atoms with E-state index in [2.05, 4.69) is 20.9 Å². The van der Waals surface area contributed by atoms with Crippen LogP contribution in [0.4, 0.5) is 0 Å². The minimum Gasteiger partial charge on any atom is -0.467 e. The maximum Gasteiger partial charge on any atom is 0.210 e. The van der Waals surface area contributed by atoms with Crippen LogP contribution >= 0.6 is 34.7 Å². The lowest BCUT2D eigenvalue weighted by molar-refractivity contribution is 0.462. The lowest BCUT2D eigenvalue weighted by Crippen LogP contribution is -2.03. The first kappa shape index (κ1) is 17.3. The molecule has 3 heterocycles. The minimum absolute atomic E-state index is 0.515. The van der Waals surface area contributed by atoms with E-state index < -0.39 is 0 Å². The first-order valence-electron chi connectivity index (χ1n) is 7.85. The highest BCUT2D eigenvalue weighted by molar-refractivity contribution is 7.98. The summed E-state index contributed by atoms with van der Waals surface area (Å²) in [5.41, 5.74) is 2.22. The third kappa shape index (κ3) is 4.32. The Balaban J connectivity index is 1.36. The van der Waals surface area contributed by atoms with Crippen LogP contribution in [0.2, 0.25) is 5.02 Å². The standard InChI is InChI=1S/C17H14ClN5OS2/c18-13-5-3-12(4-6-13)8-16-19-14(10-25-16)11-26-17-20-21-22-23(17)9-15-2-1-7-24-15/h1-7,10H,8-9,11H2.